The smallest absolute Gasteiger partial charge is 0.228 e. The van der Waals surface area contributed by atoms with Gasteiger partial charge in [-0.25, -0.2) is 4.52 Å². The molecular formula is C20H21N7O2. The van der Waals surface area contributed by atoms with Crippen molar-refractivity contribution in [3.63, 3.8) is 0 Å². The summed E-state index contributed by atoms with van der Waals surface area (Å²) in [6.45, 7) is 3.05. The van der Waals surface area contributed by atoms with Crippen LogP contribution < -0.4 is 10.1 Å². The van der Waals surface area contributed by atoms with Crippen LogP contribution in [-0.2, 0) is 4.79 Å². The van der Waals surface area contributed by atoms with Crippen LogP contribution in [0.3, 0.4) is 0 Å². The molecule has 0 spiro atoms. The lowest BCUT2D eigenvalue weighted by molar-refractivity contribution is -0.136. The first-order chi connectivity index (χ1) is 14.2. The summed E-state index contributed by atoms with van der Waals surface area (Å²) in [6.07, 6.45) is 8.12. The second-order valence-corrected chi connectivity index (χ2v) is 7.55. The van der Waals surface area contributed by atoms with E-state index in [9.17, 15) is 10.1 Å². The summed E-state index contributed by atoms with van der Waals surface area (Å²) >= 11 is 0. The van der Waals surface area contributed by atoms with Crippen LogP contribution in [0, 0.1) is 17.2 Å². The number of fused-ring (bicyclic) bond motifs is 1. The molecule has 2 saturated heterocycles. The lowest BCUT2D eigenvalue weighted by atomic mass is 10.0. The largest absolute Gasteiger partial charge is 0.494 e. The van der Waals surface area contributed by atoms with E-state index in [2.05, 4.69) is 21.6 Å². The minimum Gasteiger partial charge on any atom is -0.494 e. The maximum absolute atomic E-state index is 12.5. The molecule has 3 aromatic heterocycles. The summed E-state index contributed by atoms with van der Waals surface area (Å²) in [4.78, 5) is 14.4. The molecule has 1 atom stereocenters. The van der Waals surface area contributed by atoms with Crippen LogP contribution in [0.4, 0.5) is 0 Å². The topological polar surface area (TPSA) is 100 Å². The number of nitrogens with zero attached hydrogens (tertiary/aromatic N) is 6. The average molecular weight is 391 g/mol. The van der Waals surface area contributed by atoms with Crippen LogP contribution in [0.5, 0.6) is 5.75 Å². The number of methoxy groups -OCH3 is 1. The average Bonchev–Trinajstić information content (AvgIpc) is 3.43. The molecule has 0 unspecified atom stereocenters. The highest BCUT2D eigenvalue weighted by molar-refractivity contribution is 5.80. The number of nitrogens with one attached hydrogen (secondary N) is 1. The van der Waals surface area contributed by atoms with Crippen molar-refractivity contribution in [3.05, 3.63) is 36.4 Å². The molecule has 5 heterocycles. The van der Waals surface area contributed by atoms with E-state index in [0.29, 0.717) is 23.4 Å². The zero-order chi connectivity index (χ0) is 20.0. The first-order valence-electron chi connectivity index (χ1n) is 9.67. The van der Waals surface area contributed by atoms with Gasteiger partial charge in [0.05, 0.1) is 31.5 Å². The summed E-state index contributed by atoms with van der Waals surface area (Å²) in [5.74, 6) is 0.977. The van der Waals surface area contributed by atoms with Gasteiger partial charge in [0.1, 0.15) is 22.9 Å². The predicted molar refractivity (Wildman–Crippen MR) is 104 cm³/mol. The van der Waals surface area contributed by atoms with E-state index >= 15 is 0 Å². The third-order valence-corrected chi connectivity index (χ3v) is 5.83. The maximum atomic E-state index is 12.5. The highest BCUT2D eigenvalue weighted by Gasteiger charge is 2.34. The quantitative estimate of drug-likeness (QED) is 0.714. The Kier molecular flexibility index (Phi) is 4.21. The SMILES string of the molecule is COc1cc(-c2cnn([C@H]3CCN(C(=O)C4CNC4)C3)c2)cn2ncc(C#N)c12. The number of aromatic nitrogens is 4. The summed E-state index contributed by atoms with van der Waals surface area (Å²) in [5.41, 5.74) is 2.97. The number of hydrogen-bond acceptors (Lipinski definition) is 6. The van der Waals surface area contributed by atoms with Crippen molar-refractivity contribution in [1.82, 2.24) is 29.6 Å². The predicted octanol–water partition coefficient (Wildman–Crippen LogP) is 1.07. The van der Waals surface area contributed by atoms with E-state index in [-0.39, 0.29) is 17.9 Å². The van der Waals surface area contributed by atoms with Crippen molar-refractivity contribution >= 4 is 11.4 Å². The van der Waals surface area contributed by atoms with Gasteiger partial charge in [-0.05, 0) is 12.5 Å². The van der Waals surface area contributed by atoms with Gasteiger partial charge in [0.2, 0.25) is 5.91 Å². The fourth-order valence-electron chi connectivity index (χ4n) is 4.05. The van der Waals surface area contributed by atoms with E-state index in [1.54, 1.807) is 11.6 Å². The number of hydrogen-bond donors (Lipinski definition) is 1. The van der Waals surface area contributed by atoms with E-state index < -0.39 is 0 Å². The molecule has 2 aliphatic rings. The Morgan fingerprint density at radius 3 is 2.86 bits per heavy atom. The number of pyridine rings is 1. The molecule has 2 fully saturated rings. The van der Waals surface area contributed by atoms with Gasteiger partial charge in [0.15, 0.2) is 0 Å². The molecule has 0 saturated carbocycles. The van der Waals surface area contributed by atoms with Crippen molar-refractivity contribution in [1.29, 1.82) is 5.26 Å². The Morgan fingerprint density at radius 2 is 2.14 bits per heavy atom. The van der Waals surface area contributed by atoms with Crippen molar-refractivity contribution < 1.29 is 9.53 Å². The summed E-state index contributed by atoms with van der Waals surface area (Å²) in [6, 6.07) is 4.22. The first kappa shape index (κ1) is 17.7. The Hall–Kier alpha value is -3.38. The summed E-state index contributed by atoms with van der Waals surface area (Å²) in [5, 5.41) is 21.2. The van der Waals surface area contributed by atoms with Crippen LogP contribution in [0.25, 0.3) is 16.6 Å². The van der Waals surface area contributed by atoms with E-state index in [1.807, 2.05) is 34.2 Å². The molecule has 3 aromatic rings. The van der Waals surface area contributed by atoms with Gasteiger partial charge < -0.3 is 15.0 Å². The highest BCUT2D eigenvalue weighted by Crippen LogP contribution is 2.31. The summed E-state index contributed by atoms with van der Waals surface area (Å²) in [7, 11) is 1.58. The molecule has 148 valence electrons. The van der Waals surface area contributed by atoms with Gasteiger partial charge in [-0.2, -0.15) is 15.5 Å². The standard InChI is InChI=1S/C20H21N7O2/c1-29-18-4-13(10-27-19(18)14(5-21)8-24-27)16-9-23-26(11-16)17-2-3-25(12-17)20(28)15-6-22-7-15/h4,8-11,15,17,22H,2-3,6-7,12H2,1H3/t17-/m0/s1. The number of ether oxygens (including phenoxy) is 1. The minimum absolute atomic E-state index is 0.133. The molecule has 9 nitrogen and oxygen atoms in total. The number of likely N-dealkylation sites (tertiary alicyclic amines) is 1. The number of amides is 1. The molecule has 0 aromatic carbocycles. The highest BCUT2D eigenvalue weighted by atomic mass is 16.5. The maximum Gasteiger partial charge on any atom is 0.228 e. The molecule has 0 aliphatic carbocycles. The minimum atomic E-state index is 0.133. The molecule has 1 N–H and O–H groups in total. The van der Waals surface area contributed by atoms with E-state index in [1.165, 1.54) is 6.20 Å². The van der Waals surface area contributed by atoms with Gasteiger partial charge in [0.25, 0.3) is 0 Å². The van der Waals surface area contributed by atoms with Crippen molar-refractivity contribution in [2.45, 2.75) is 12.5 Å². The fraction of sp³-hybridized carbons (Fsp3) is 0.400. The Labute approximate surface area is 167 Å². The molecule has 2 aliphatic heterocycles. The second-order valence-electron chi connectivity index (χ2n) is 7.55. The van der Waals surface area contributed by atoms with Gasteiger partial charge in [-0.15, -0.1) is 0 Å². The third kappa shape index (κ3) is 2.93. The number of carbonyl (C=O) groups is 1. The molecular weight excluding hydrogens is 370 g/mol. The normalized spacial score (nSPS) is 19.3. The van der Waals surface area contributed by atoms with E-state index in [4.69, 9.17) is 4.74 Å². The fourth-order valence-corrected chi connectivity index (χ4v) is 4.05. The number of carbonyl (C=O) groups excluding carboxylic acids is 1. The number of rotatable bonds is 4. The van der Waals surface area contributed by atoms with Crippen molar-refractivity contribution in [3.8, 4) is 22.9 Å². The molecule has 0 radical (unpaired) electrons. The van der Waals surface area contributed by atoms with Crippen LogP contribution >= 0.6 is 0 Å². The first-order valence-corrected chi connectivity index (χ1v) is 9.67. The monoisotopic (exact) mass is 391 g/mol. The van der Waals surface area contributed by atoms with Crippen molar-refractivity contribution in [2.75, 3.05) is 33.3 Å². The second kappa shape index (κ2) is 6.90. The molecule has 9 heteroatoms. The Balaban J connectivity index is 1.39. The molecule has 29 heavy (non-hydrogen) atoms. The molecule has 0 bridgehead atoms. The van der Waals surface area contributed by atoms with Crippen LogP contribution in [0.2, 0.25) is 0 Å². The van der Waals surface area contributed by atoms with Gasteiger partial charge in [-0.1, -0.05) is 0 Å². The van der Waals surface area contributed by atoms with Crippen molar-refractivity contribution in [2.24, 2.45) is 5.92 Å². The molecule has 5 rings (SSSR count). The zero-order valence-electron chi connectivity index (χ0n) is 16.1. The van der Waals surface area contributed by atoms with Crippen LogP contribution in [0.1, 0.15) is 18.0 Å². The Bertz CT molecular complexity index is 1120. The summed E-state index contributed by atoms with van der Waals surface area (Å²) < 4.78 is 9.09. The van der Waals surface area contributed by atoms with Gasteiger partial charge in [-0.3, -0.25) is 9.48 Å². The Morgan fingerprint density at radius 1 is 1.28 bits per heavy atom. The number of nitriles is 1. The van der Waals surface area contributed by atoms with Crippen LogP contribution in [0.15, 0.2) is 30.9 Å². The zero-order valence-corrected chi connectivity index (χ0v) is 16.1. The molecule has 1 amide bonds. The van der Waals surface area contributed by atoms with Crippen LogP contribution in [-0.4, -0.2) is 63.5 Å². The third-order valence-electron chi connectivity index (χ3n) is 5.83. The lowest BCUT2D eigenvalue weighted by Crippen LogP contribution is -2.51. The lowest BCUT2D eigenvalue weighted by Gasteiger charge is -2.30. The van der Waals surface area contributed by atoms with Gasteiger partial charge in [0, 0.05) is 49.7 Å². The van der Waals surface area contributed by atoms with Gasteiger partial charge >= 0.3 is 0 Å². The van der Waals surface area contributed by atoms with E-state index in [0.717, 1.165) is 37.2 Å².